The van der Waals surface area contributed by atoms with E-state index in [2.05, 4.69) is 11.1 Å². The minimum atomic E-state index is -4.29. The Morgan fingerprint density at radius 1 is 0.944 bits per heavy atom. The van der Waals surface area contributed by atoms with Crippen molar-refractivity contribution in [3.8, 4) is 0 Å². The monoisotopic (exact) mass is 280 g/mol. The summed E-state index contributed by atoms with van der Waals surface area (Å²) in [5.41, 5.74) is 0. The quantitative estimate of drug-likeness (QED) is 0.431. The summed E-state index contributed by atoms with van der Waals surface area (Å²) in [5, 5.41) is 0. The van der Waals surface area contributed by atoms with Crippen LogP contribution in [0.5, 0.6) is 0 Å². The van der Waals surface area contributed by atoms with Crippen LogP contribution in [-0.2, 0) is 14.6 Å². The first-order chi connectivity index (χ1) is 8.49. The molecule has 0 spiro atoms. The average Bonchev–Trinajstić information content (AvgIpc) is 2.29. The maximum absolute atomic E-state index is 10.6. The van der Waals surface area contributed by atoms with Gasteiger partial charge < -0.3 is 0 Å². The molecule has 0 aliphatic rings. The molecule has 110 valence electrons. The summed E-state index contributed by atoms with van der Waals surface area (Å²) in [6.45, 7) is 4.07. The number of unbranched alkanes of at least 4 members (excludes halogenated alkanes) is 7. The molecule has 0 fully saturated rings. The number of hydrogen-bond donors (Lipinski definition) is 1. The van der Waals surface area contributed by atoms with Gasteiger partial charge in [0.1, 0.15) is 0 Å². The summed E-state index contributed by atoms with van der Waals surface area (Å²) >= 11 is 0. The van der Waals surface area contributed by atoms with E-state index in [1.54, 1.807) is 0 Å². The summed E-state index contributed by atoms with van der Waals surface area (Å²) in [4.78, 5) is 0. The number of hydrogen-bond acceptors (Lipinski definition) is 3. The number of rotatable bonds is 12. The molecule has 4 nitrogen and oxygen atoms in total. The van der Waals surface area contributed by atoms with Crippen LogP contribution < -0.4 is 0 Å². The fraction of sp³-hybridized carbons (Fsp3) is 1.00. The van der Waals surface area contributed by atoms with E-state index in [0.29, 0.717) is 12.8 Å². The molecule has 18 heavy (non-hydrogen) atoms. The first kappa shape index (κ1) is 17.9. The second-order valence-electron chi connectivity index (χ2n) is 4.82. The summed E-state index contributed by atoms with van der Waals surface area (Å²) in [6, 6.07) is 0. The molecule has 0 heterocycles. The molecule has 0 aliphatic carbocycles. The standard InChI is InChI=1S/C13H28O4S/c1-3-5-6-7-8-9-10-11-12-13(4-2)17-18(14,15)16/h13H,3-12H2,1-2H3,(H,14,15,16). The maximum Gasteiger partial charge on any atom is 0.397 e. The van der Waals surface area contributed by atoms with Crippen molar-refractivity contribution in [2.75, 3.05) is 0 Å². The normalized spacial score (nSPS) is 13.7. The third-order valence-corrected chi connectivity index (χ3v) is 3.61. The van der Waals surface area contributed by atoms with Crippen molar-refractivity contribution in [2.45, 2.75) is 84.2 Å². The van der Waals surface area contributed by atoms with Gasteiger partial charge in [-0.15, -0.1) is 0 Å². The Kier molecular flexibility index (Phi) is 10.7. The zero-order valence-corrected chi connectivity index (χ0v) is 12.5. The van der Waals surface area contributed by atoms with Crippen LogP contribution in [0.15, 0.2) is 0 Å². The summed E-state index contributed by atoms with van der Waals surface area (Å²) in [7, 11) is -4.29. The van der Waals surface area contributed by atoms with Crippen molar-refractivity contribution < 1.29 is 17.2 Å². The first-order valence-corrected chi connectivity index (χ1v) is 8.51. The average molecular weight is 280 g/mol. The predicted molar refractivity (Wildman–Crippen MR) is 73.9 cm³/mol. The Balaban J connectivity index is 3.46. The molecule has 1 atom stereocenters. The van der Waals surface area contributed by atoms with E-state index < -0.39 is 10.4 Å². The van der Waals surface area contributed by atoms with Crippen LogP contribution in [-0.4, -0.2) is 19.1 Å². The lowest BCUT2D eigenvalue weighted by atomic mass is 10.0. The Hall–Kier alpha value is -0.130. The molecular weight excluding hydrogens is 252 g/mol. The van der Waals surface area contributed by atoms with Crippen LogP contribution in [0.1, 0.15) is 78.1 Å². The fourth-order valence-electron chi connectivity index (χ4n) is 2.00. The van der Waals surface area contributed by atoms with Crippen LogP contribution in [0.2, 0.25) is 0 Å². The second-order valence-corrected chi connectivity index (χ2v) is 5.87. The van der Waals surface area contributed by atoms with Gasteiger partial charge in [-0.3, -0.25) is 4.55 Å². The molecule has 0 amide bonds. The van der Waals surface area contributed by atoms with Gasteiger partial charge in [0.2, 0.25) is 0 Å². The fourth-order valence-corrected chi connectivity index (χ4v) is 2.57. The summed E-state index contributed by atoms with van der Waals surface area (Å²) < 4.78 is 34.3. The molecule has 0 bridgehead atoms. The lowest BCUT2D eigenvalue weighted by Gasteiger charge is -2.12. The van der Waals surface area contributed by atoms with Crippen LogP contribution >= 0.6 is 0 Å². The minimum absolute atomic E-state index is 0.375. The highest BCUT2D eigenvalue weighted by Crippen LogP contribution is 2.14. The van der Waals surface area contributed by atoms with Crippen molar-refractivity contribution in [2.24, 2.45) is 0 Å². The lowest BCUT2D eigenvalue weighted by Crippen LogP contribution is -2.16. The molecule has 1 unspecified atom stereocenters. The van der Waals surface area contributed by atoms with E-state index >= 15 is 0 Å². The topological polar surface area (TPSA) is 63.6 Å². The highest BCUT2D eigenvalue weighted by atomic mass is 32.3. The smallest absolute Gasteiger partial charge is 0.264 e. The molecule has 0 aromatic carbocycles. The van der Waals surface area contributed by atoms with E-state index in [-0.39, 0.29) is 6.10 Å². The van der Waals surface area contributed by atoms with Crippen molar-refractivity contribution in [1.29, 1.82) is 0 Å². The van der Waals surface area contributed by atoms with E-state index in [4.69, 9.17) is 4.55 Å². The molecule has 0 radical (unpaired) electrons. The van der Waals surface area contributed by atoms with E-state index in [9.17, 15) is 8.42 Å². The van der Waals surface area contributed by atoms with Gasteiger partial charge in [-0.2, -0.15) is 8.42 Å². The Morgan fingerprint density at radius 3 is 1.89 bits per heavy atom. The Labute approximate surface area is 112 Å². The highest BCUT2D eigenvalue weighted by molar-refractivity contribution is 7.80. The van der Waals surface area contributed by atoms with Gasteiger partial charge in [-0.1, -0.05) is 65.2 Å². The first-order valence-electron chi connectivity index (χ1n) is 7.15. The lowest BCUT2D eigenvalue weighted by molar-refractivity contribution is 0.165. The van der Waals surface area contributed by atoms with Crippen molar-refractivity contribution in [3.63, 3.8) is 0 Å². The van der Waals surface area contributed by atoms with Gasteiger partial charge in [0.05, 0.1) is 6.10 Å². The second kappa shape index (κ2) is 10.8. The zero-order valence-electron chi connectivity index (χ0n) is 11.7. The van der Waals surface area contributed by atoms with E-state index in [1.807, 2.05) is 6.92 Å². The third-order valence-electron chi connectivity index (χ3n) is 3.09. The van der Waals surface area contributed by atoms with Gasteiger partial charge in [0.25, 0.3) is 0 Å². The highest BCUT2D eigenvalue weighted by Gasteiger charge is 2.14. The van der Waals surface area contributed by atoms with E-state index in [1.165, 1.54) is 38.5 Å². The molecule has 0 saturated carbocycles. The third kappa shape index (κ3) is 12.3. The van der Waals surface area contributed by atoms with Gasteiger partial charge in [0.15, 0.2) is 0 Å². The molecule has 0 rings (SSSR count). The van der Waals surface area contributed by atoms with E-state index in [0.717, 1.165) is 12.8 Å². The molecule has 0 aliphatic heterocycles. The summed E-state index contributed by atoms with van der Waals surface area (Å²) in [5.74, 6) is 0. The summed E-state index contributed by atoms with van der Waals surface area (Å²) in [6.07, 6.45) is 10.7. The molecule has 5 heteroatoms. The van der Waals surface area contributed by atoms with Crippen LogP contribution in [0.25, 0.3) is 0 Å². The van der Waals surface area contributed by atoms with Gasteiger partial charge >= 0.3 is 10.4 Å². The zero-order chi connectivity index (χ0) is 13.9. The molecule has 0 aromatic heterocycles. The van der Waals surface area contributed by atoms with Gasteiger partial charge in [0, 0.05) is 0 Å². The van der Waals surface area contributed by atoms with Gasteiger partial charge in [-0.05, 0) is 12.8 Å². The van der Waals surface area contributed by atoms with Crippen molar-refractivity contribution in [1.82, 2.24) is 0 Å². The SMILES string of the molecule is CCCCCCCCCCC(CC)OS(=O)(=O)O. The molecule has 1 N–H and O–H groups in total. The molecule has 0 saturated heterocycles. The van der Waals surface area contributed by atoms with Crippen LogP contribution in [0, 0.1) is 0 Å². The predicted octanol–water partition coefficient (Wildman–Crippen LogP) is 4.12. The maximum atomic E-state index is 10.6. The van der Waals surface area contributed by atoms with Crippen molar-refractivity contribution >= 4 is 10.4 Å². The Bertz CT molecular complexity index is 275. The van der Waals surface area contributed by atoms with Crippen LogP contribution in [0.3, 0.4) is 0 Å². The van der Waals surface area contributed by atoms with Gasteiger partial charge in [-0.25, -0.2) is 4.18 Å². The largest absolute Gasteiger partial charge is 0.397 e. The minimum Gasteiger partial charge on any atom is -0.264 e. The van der Waals surface area contributed by atoms with Crippen LogP contribution in [0.4, 0.5) is 0 Å². The Morgan fingerprint density at radius 2 is 1.44 bits per heavy atom. The molecular formula is C13H28O4S. The molecule has 0 aromatic rings. The van der Waals surface area contributed by atoms with Crippen molar-refractivity contribution in [3.05, 3.63) is 0 Å².